The molecule has 4 nitrogen and oxygen atoms in total. The number of carbonyl (C=O) groups excluding carboxylic acids is 2. The van der Waals surface area contributed by atoms with Gasteiger partial charge in [-0.15, -0.1) is 6.58 Å². The van der Waals surface area contributed by atoms with Gasteiger partial charge in [-0.1, -0.05) is 26.5 Å². The number of nitrogens with one attached hydrogen (secondary N) is 1. The summed E-state index contributed by atoms with van der Waals surface area (Å²) in [5.74, 6) is 0.0433. The zero-order valence-electron chi connectivity index (χ0n) is 11.9. The maximum Gasteiger partial charge on any atom is 0.245 e. The smallest absolute Gasteiger partial charge is 0.245 e. The van der Waals surface area contributed by atoms with Crippen LogP contribution in [0.4, 0.5) is 0 Å². The maximum atomic E-state index is 12.0. The Morgan fingerprint density at radius 1 is 1.32 bits per heavy atom. The first kappa shape index (κ1) is 15.5. The molecule has 0 bridgehead atoms. The van der Waals surface area contributed by atoms with E-state index >= 15 is 0 Å². The Bertz CT molecular complexity index is 366. The van der Waals surface area contributed by atoms with Gasteiger partial charge in [0.25, 0.3) is 0 Å². The van der Waals surface area contributed by atoms with Crippen LogP contribution in [-0.4, -0.2) is 36.3 Å². The van der Waals surface area contributed by atoms with Crippen molar-refractivity contribution in [2.24, 2.45) is 11.3 Å². The lowest BCUT2D eigenvalue weighted by Crippen LogP contribution is -2.44. The zero-order chi connectivity index (χ0) is 14.5. The molecule has 0 spiro atoms. The quantitative estimate of drug-likeness (QED) is 0.607. The summed E-state index contributed by atoms with van der Waals surface area (Å²) in [6.45, 7) is 13.2. The molecule has 1 N–H and O–H groups in total. The van der Waals surface area contributed by atoms with E-state index in [9.17, 15) is 9.59 Å². The number of nitrogens with zero attached hydrogens (tertiary/aromatic N) is 1. The van der Waals surface area contributed by atoms with E-state index in [1.807, 2.05) is 19.9 Å². The SMILES string of the molecule is C=CC(=O)N1CCC(C(=O)NCC(C)(C)C=C)CC1. The number of hydrogen-bond acceptors (Lipinski definition) is 2. The molecule has 1 aliphatic rings. The van der Waals surface area contributed by atoms with Crippen molar-refractivity contribution in [3.63, 3.8) is 0 Å². The molecule has 0 radical (unpaired) electrons. The Morgan fingerprint density at radius 2 is 1.89 bits per heavy atom. The van der Waals surface area contributed by atoms with Crippen LogP contribution in [0.3, 0.4) is 0 Å². The normalized spacial score (nSPS) is 16.8. The van der Waals surface area contributed by atoms with Crippen LogP contribution in [0.2, 0.25) is 0 Å². The minimum Gasteiger partial charge on any atom is -0.355 e. The molecular formula is C15H24N2O2. The van der Waals surface area contributed by atoms with E-state index in [1.165, 1.54) is 6.08 Å². The summed E-state index contributed by atoms with van der Waals surface area (Å²) in [6, 6.07) is 0. The molecule has 2 amide bonds. The van der Waals surface area contributed by atoms with Gasteiger partial charge < -0.3 is 10.2 Å². The standard InChI is InChI=1S/C15H24N2O2/c1-5-13(18)17-9-7-12(8-10-17)14(19)16-11-15(3,4)6-2/h5-6,12H,1-2,7-11H2,3-4H3,(H,16,19). The molecule has 0 atom stereocenters. The Hall–Kier alpha value is -1.58. The average Bonchev–Trinajstić information content (AvgIpc) is 2.44. The van der Waals surface area contributed by atoms with Gasteiger partial charge in [-0.2, -0.15) is 0 Å². The second-order valence-corrected chi connectivity index (χ2v) is 5.71. The predicted molar refractivity (Wildman–Crippen MR) is 76.5 cm³/mol. The van der Waals surface area contributed by atoms with Crippen LogP contribution in [0, 0.1) is 11.3 Å². The lowest BCUT2D eigenvalue weighted by atomic mass is 9.92. The third kappa shape index (κ3) is 4.54. The Balaban J connectivity index is 2.39. The molecule has 0 unspecified atom stereocenters. The van der Waals surface area contributed by atoms with Crippen LogP contribution in [0.5, 0.6) is 0 Å². The van der Waals surface area contributed by atoms with Crippen molar-refractivity contribution in [3.8, 4) is 0 Å². The summed E-state index contributed by atoms with van der Waals surface area (Å²) < 4.78 is 0. The summed E-state index contributed by atoms with van der Waals surface area (Å²) in [4.78, 5) is 25.2. The largest absolute Gasteiger partial charge is 0.355 e. The van der Waals surface area contributed by atoms with E-state index in [4.69, 9.17) is 0 Å². The molecule has 0 aromatic carbocycles. The monoisotopic (exact) mass is 264 g/mol. The summed E-state index contributed by atoms with van der Waals surface area (Å²) >= 11 is 0. The van der Waals surface area contributed by atoms with Crippen molar-refractivity contribution in [2.45, 2.75) is 26.7 Å². The molecule has 1 fully saturated rings. The highest BCUT2D eigenvalue weighted by Gasteiger charge is 2.27. The van der Waals surface area contributed by atoms with Gasteiger partial charge in [-0.05, 0) is 24.3 Å². The van der Waals surface area contributed by atoms with Crippen LogP contribution >= 0.6 is 0 Å². The van der Waals surface area contributed by atoms with Crippen molar-refractivity contribution in [3.05, 3.63) is 25.3 Å². The van der Waals surface area contributed by atoms with Crippen LogP contribution in [0.15, 0.2) is 25.3 Å². The van der Waals surface area contributed by atoms with Gasteiger partial charge in [0.05, 0.1) is 0 Å². The lowest BCUT2D eigenvalue weighted by Gasteiger charge is -2.31. The van der Waals surface area contributed by atoms with Crippen LogP contribution in [0.25, 0.3) is 0 Å². The first-order valence-corrected chi connectivity index (χ1v) is 6.72. The van der Waals surface area contributed by atoms with Gasteiger partial charge in [0.2, 0.25) is 11.8 Å². The Morgan fingerprint density at radius 3 is 2.37 bits per heavy atom. The molecule has 19 heavy (non-hydrogen) atoms. The van der Waals surface area contributed by atoms with E-state index in [2.05, 4.69) is 18.5 Å². The minimum absolute atomic E-state index is 0.00878. The molecule has 0 aromatic heterocycles. The fourth-order valence-electron chi connectivity index (χ4n) is 2.02. The summed E-state index contributed by atoms with van der Waals surface area (Å²) in [5.41, 5.74) is -0.0881. The van der Waals surface area contributed by atoms with Crippen molar-refractivity contribution < 1.29 is 9.59 Å². The van der Waals surface area contributed by atoms with Crippen LogP contribution in [0.1, 0.15) is 26.7 Å². The number of rotatable bonds is 5. The molecule has 106 valence electrons. The fourth-order valence-corrected chi connectivity index (χ4v) is 2.02. The number of likely N-dealkylation sites (tertiary alicyclic amines) is 1. The lowest BCUT2D eigenvalue weighted by molar-refractivity contribution is -0.132. The first-order valence-electron chi connectivity index (χ1n) is 6.72. The third-order valence-corrected chi connectivity index (χ3v) is 3.62. The van der Waals surface area contributed by atoms with Crippen molar-refractivity contribution in [1.29, 1.82) is 0 Å². The first-order chi connectivity index (χ1) is 8.89. The zero-order valence-corrected chi connectivity index (χ0v) is 11.9. The highest BCUT2D eigenvalue weighted by Crippen LogP contribution is 2.19. The molecule has 4 heteroatoms. The molecule has 1 heterocycles. The van der Waals surface area contributed by atoms with Gasteiger partial charge >= 0.3 is 0 Å². The highest BCUT2D eigenvalue weighted by atomic mass is 16.2. The Kier molecular flexibility index (Phi) is 5.33. The van der Waals surface area contributed by atoms with Crippen LogP contribution < -0.4 is 5.32 Å². The second-order valence-electron chi connectivity index (χ2n) is 5.71. The summed E-state index contributed by atoms with van der Waals surface area (Å²) in [5, 5.41) is 2.97. The van der Waals surface area contributed by atoms with Crippen molar-refractivity contribution in [1.82, 2.24) is 10.2 Å². The topological polar surface area (TPSA) is 49.4 Å². The van der Waals surface area contributed by atoms with Gasteiger partial charge in [0, 0.05) is 25.6 Å². The van der Waals surface area contributed by atoms with Gasteiger partial charge in [-0.25, -0.2) is 0 Å². The van der Waals surface area contributed by atoms with Gasteiger partial charge in [0.15, 0.2) is 0 Å². The summed E-state index contributed by atoms with van der Waals surface area (Å²) in [7, 11) is 0. The van der Waals surface area contributed by atoms with E-state index in [0.717, 1.165) is 12.8 Å². The predicted octanol–water partition coefficient (Wildman–Crippen LogP) is 1.74. The molecule has 0 aliphatic carbocycles. The number of amides is 2. The van der Waals surface area contributed by atoms with E-state index in [-0.39, 0.29) is 23.1 Å². The average molecular weight is 264 g/mol. The van der Waals surface area contributed by atoms with Crippen LogP contribution in [-0.2, 0) is 9.59 Å². The highest BCUT2D eigenvalue weighted by molar-refractivity contribution is 5.87. The minimum atomic E-state index is -0.0881. The molecule has 0 aromatic rings. The van der Waals surface area contributed by atoms with E-state index < -0.39 is 0 Å². The van der Waals surface area contributed by atoms with Gasteiger partial charge in [0.1, 0.15) is 0 Å². The molecule has 0 saturated carbocycles. The molecule has 1 saturated heterocycles. The maximum absolute atomic E-state index is 12.0. The number of carbonyl (C=O) groups is 2. The molecule has 1 rings (SSSR count). The van der Waals surface area contributed by atoms with Crippen molar-refractivity contribution >= 4 is 11.8 Å². The molecular weight excluding hydrogens is 240 g/mol. The summed E-state index contributed by atoms with van der Waals surface area (Å²) in [6.07, 6.45) is 4.62. The Labute approximate surface area is 115 Å². The van der Waals surface area contributed by atoms with E-state index in [0.29, 0.717) is 19.6 Å². The third-order valence-electron chi connectivity index (χ3n) is 3.62. The second kappa shape index (κ2) is 6.55. The fraction of sp³-hybridized carbons (Fsp3) is 0.600. The number of hydrogen-bond donors (Lipinski definition) is 1. The van der Waals surface area contributed by atoms with Crippen molar-refractivity contribution in [2.75, 3.05) is 19.6 Å². The molecule has 1 aliphatic heterocycles. The van der Waals surface area contributed by atoms with E-state index in [1.54, 1.807) is 4.90 Å². The van der Waals surface area contributed by atoms with Gasteiger partial charge in [-0.3, -0.25) is 9.59 Å². The number of piperidine rings is 1.